The van der Waals surface area contributed by atoms with Crippen LogP contribution in [0.5, 0.6) is 5.75 Å². The first-order chi connectivity index (χ1) is 15.3. The Morgan fingerprint density at radius 2 is 1.81 bits per heavy atom. The second-order valence-corrected chi connectivity index (χ2v) is 8.10. The van der Waals surface area contributed by atoms with Gasteiger partial charge in [-0.25, -0.2) is 4.79 Å². The molecule has 2 aliphatic rings. The molecule has 0 aromatic heterocycles. The molecule has 8 heteroatoms. The molecule has 0 spiro atoms. The van der Waals surface area contributed by atoms with Crippen LogP contribution in [0, 0.1) is 0 Å². The molecule has 0 N–H and O–H groups in total. The smallest absolute Gasteiger partial charge is 0.432 e. The highest BCUT2D eigenvalue weighted by Gasteiger charge is 2.64. The van der Waals surface area contributed by atoms with Crippen LogP contribution in [0.3, 0.4) is 0 Å². The van der Waals surface area contributed by atoms with Crippen molar-refractivity contribution in [1.82, 2.24) is 0 Å². The number of alkyl halides is 3. The van der Waals surface area contributed by atoms with E-state index in [4.69, 9.17) is 18.9 Å². The number of hydrogen-bond acceptors (Lipinski definition) is 5. The van der Waals surface area contributed by atoms with Crippen molar-refractivity contribution in [2.24, 2.45) is 0 Å². The Hall–Kier alpha value is -2.58. The van der Waals surface area contributed by atoms with E-state index >= 15 is 0 Å². The lowest BCUT2D eigenvalue weighted by Crippen LogP contribution is -2.52. The van der Waals surface area contributed by atoms with Gasteiger partial charge in [0, 0.05) is 12.7 Å². The maximum Gasteiger partial charge on any atom is 0.432 e. The maximum atomic E-state index is 13.9. The summed E-state index contributed by atoms with van der Waals surface area (Å²) in [6.07, 6.45) is -2.87. The highest BCUT2D eigenvalue weighted by atomic mass is 19.4. The molecule has 0 bridgehead atoms. The van der Waals surface area contributed by atoms with Crippen LogP contribution in [-0.2, 0) is 31.0 Å². The van der Waals surface area contributed by atoms with Crippen LogP contribution >= 0.6 is 0 Å². The minimum atomic E-state index is -4.98. The maximum absolute atomic E-state index is 13.9. The van der Waals surface area contributed by atoms with Crippen LogP contribution in [0.2, 0.25) is 0 Å². The van der Waals surface area contributed by atoms with Crippen LogP contribution in [0.4, 0.5) is 13.2 Å². The number of rotatable bonds is 9. The SMILES string of the molecule is COc1ccc2c(c1)CC2CC[C@@H]1O[C@H]1COC(=O)C(OC)(c1ccccc1)C(F)(F)F. The molecule has 2 aromatic carbocycles. The fourth-order valence-corrected chi connectivity index (χ4v) is 4.38. The third kappa shape index (κ3) is 4.09. The highest BCUT2D eigenvalue weighted by Crippen LogP contribution is 2.44. The van der Waals surface area contributed by atoms with E-state index in [0.29, 0.717) is 5.92 Å². The van der Waals surface area contributed by atoms with Crippen LogP contribution in [0.25, 0.3) is 0 Å². The second kappa shape index (κ2) is 8.75. The topological polar surface area (TPSA) is 57.3 Å². The number of fused-ring (bicyclic) bond motifs is 1. The number of methoxy groups -OCH3 is 2. The summed E-state index contributed by atoms with van der Waals surface area (Å²) in [5.74, 6) is -0.210. The monoisotopic (exact) mass is 450 g/mol. The minimum Gasteiger partial charge on any atom is -0.497 e. The van der Waals surface area contributed by atoms with Gasteiger partial charge in [0.05, 0.1) is 13.2 Å². The van der Waals surface area contributed by atoms with Gasteiger partial charge in [-0.3, -0.25) is 0 Å². The fraction of sp³-hybridized carbons (Fsp3) is 0.458. The van der Waals surface area contributed by atoms with Gasteiger partial charge in [0.15, 0.2) is 0 Å². The van der Waals surface area contributed by atoms with Gasteiger partial charge in [0.1, 0.15) is 18.5 Å². The van der Waals surface area contributed by atoms with E-state index < -0.39 is 23.9 Å². The second-order valence-electron chi connectivity index (χ2n) is 8.10. The molecule has 2 unspecified atom stereocenters. The Labute approximate surface area is 184 Å². The zero-order valence-electron chi connectivity index (χ0n) is 17.9. The summed E-state index contributed by atoms with van der Waals surface area (Å²) >= 11 is 0. The van der Waals surface area contributed by atoms with Gasteiger partial charge < -0.3 is 18.9 Å². The molecule has 5 nitrogen and oxygen atoms in total. The molecule has 1 aliphatic heterocycles. The third-order valence-corrected chi connectivity index (χ3v) is 6.30. The summed E-state index contributed by atoms with van der Waals surface area (Å²) < 4.78 is 62.2. The summed E-state index contributed by atoms with van der Waals surface area (Å²) in [5, 5.41) is 0. The van der Waals surface area contributed by atoms with Gasteiger partial charge in [0.25, 0.3) is 5.60 Å². The van der Waals surface area contributed by atoms with E-state index in [-0.39, 0.29) is 18.3 Å². The Morgan fingerprint density at radius 3 is 2.44 bits per heavy atom. The van der Waals surface area contributed by atoms with Crippen molar-refractivity contribution in [2.75, 3.05) is 20.8 Å². The van der Waals surface area contributed by atoms with Crippen molar-refractivity contribution < 1.29 is 36.9 Å². The number of epoxide rings is 1. The molecular formula is C24H25F3O5. The average Bonchev–Trinajstić information content (AvgIpc) is 3.51. The number of hydrogen-bond donors (Lipinski definition) is 0. The number of halogens is 3. The molecule has 1 fully saturated rings. The van der Waals surface area contributed by atoms with Crippen LogP contribution in [0.1, 0.15) is 35.4 Å². The van der Waals surface area contributed by atoms with Crippen molar-refractivity contribution in [2.45, 2.75) is 49.2 Å². The standard InChI is InChI=1S/C24H25F3O5/c1-29-18-9-10-19-15(12-16(19)13-18)8-11-20-21(32-20)14-31-22(28)23(30-2,24(25,26)27)17-6-4-3-5-7-17/h3-7,9-10,13,15,20-21H,8,11-12,14H2,1-2H3/t15?,20-,21-,23?/m0/s1. The van der Waals surface area contributed by atoms with Crippen LogP contribution < -0.4 is 4.74 Å². The lowest BCUT2D eigenvalue weighted by atomic mass is 9.75. The predicted molar refractivity (Wildman–Crippen MR) is 109 cm³/mol. The van der Waals surface area contributed by atoms with Crippen molar-refractivity contribution in [1.29, 1.82) is 0 Å². The minimum absolute atomic E-state index is 0.121. The molecule has 32 heavy (non-hydrogen) atoms. The molecule has 1 saturated heterocycles. The zero-order chi connectivity index (χ0) is 22.9. The van der Waals surface area contributed by atoms with E-state index in [2.05, 4.69) is 6.07 Å². The van der Waals surface area contributed by atoms with Gasteiger partial charge >= 0.3 is 12.1 Å². The summed E-state index contributed by atoms with van der Waals surface area (Å²) in [4.78, 5) is 12.6. The number of carbonyl (C=O) groups excluding carboxylic acids is 1. The van der Waals surface area contributed by atoms with Gasteiger partial charge in [-0.15, -0.1) is 0 Å². The third-order valence-electron chi connectivity index (χ3n) is 6.30. The van der Waals surface area contributed by atoms with Gasteiger partial charge in [-0.05, 0) is 48.4 Å². The Kier molecular flexibility index (Phi) is 6.18. The molecule has 0 amide bonds. The van der Waals surface area contributed by atoms with Gasteiger partial charge in [-0.2, -0.15) is 13.2 Å². The molecule has 4 atom stereocenters. The zero-order valence-corrected chi connectivity index (χ0v) is 17.9. The molecule has 172 valence electrons. The summed E-state index contributed by atoms with van der Waals surface area (Å²) in [6, 6.07) is 12.8. The normalized spacial score (nSPS) is 23.5. The van der Waals surface area contributed by atoms with Crippen molar-refractivity contribution in [3.8, 4) is 5.75 Å². The summed E-state index contributed by atoms with van der Waals surface area (Å²) in [5.41, 5.74) is -0.920. The molecule has 1 heterocycles. The molecule has 0 radical (unpaired) electrons. The predicted octanol–water partition coefficient (Wildman–Crippen LogP) is 4.53. The quantitative estimate of drug-likeness (QED) is 0.415. The average molecular weight is 450 g/mol. The Bertz CT molecular complexity index is 962. The lowest BCUT2D eigenvalue weighted by Gasteiger charge is -2.32. The fourth-order valence-electron chi connectivity index (χ4n) is 4.38. The first kappa shape index (κ1) is 22.6. The van der Waals surface area contributed by atoms with Gasteiger partial charge in [0.2, 0.25) is 0 Å². The first-order valence-corrected chi connectivity index (χ1v) is 10.5. The molecule has 4 rings (SSSR count). The number of carbonyl (C=O) groups is 1. The molecule has 0 saturated carbocycles. The van der Waals surface area contributed by atoms with E-state index in [9.17, 15) is 18.0 Å². The summed E-state index contributed by atoms with van der Waals surface area (Å²) in [7, 11) is 2.49. The lowest BCUT2D eigenvalue weighted by molar-refractivity contribution is -0.276. The van der Waals surface area contributed by atoms with Crippen molar-refractivity contribution >= 4 is 5.97 Å². The van der Waals surface area contributed by atoms with Crippen molar-refractivity contribution in [3.05, 3.63) is 65.2 Å². The Balaban J connectivity index is 1.30. The highest BCUT2D eigenvalue weighted by molar-refractivity contribution is 5.82. The van der Waals surface area contributed by atoms with Crippen LogP contribution in [-0.4, -0.2) is 45.2 Å². The van der Waals surface area contributed by atoms with Crippen LogP contribution in [0.15, 0.2) is 48.5 Å². The van der Waals surface area contributed by atoms with Gasteiger partial charge in [-0.1, -0.05) is 36.4 Å². The van der Waals surface area contributed by atoms with E-state index in [1.54, 1.807) is 13.2 Å². The van der Waals surface area contributed by atoms with Crippen molar-refractivity contribution in [3.63, 3.8) is 0 Å². The largest absolute Gasteiger partial charge is 0.497 e. The number of benzene rings is 2. The Morgan fingerprint density at radius 1 is 1.06 bits per heavy atom. The molecular weight excluding hydrogens is 425 g/mol. The number of ether oxygens (including phenoxy) is 4. The van der Waals surface area contributed by atoms with E-state index in [1.165, 1.54) is 35.4 Å². The molecule has 1 aliphatic carbocycles. The first-order valence-electron chi connectivity index (χ1n) is 10.5. The molecule has 2 aromatic rings. The summed E-state index contributed by atoms with van der Waals surface area (Å²) in [6.45, 7) is -0.240. The van der Waals surface area contributed by atoms with E-state index in [0.717, 1.165) is 32.1 Å². The number of esters is 1. The van der Waals surface area contributed by atoms with E-state index in [1.807, 2.05) is 12.1 Å².